The molecule has 0 fully saturated rings. The number of nitrogens with one attached hydrogen (secondary N) is 1. The zero-order chi connectivity index (χ0) is 18.7. The number of aryl methyl sites for hydroxylation is 2. The van der Waals surface area contributed by atoms with E-state index >= 15 is 0 Å². The molecular formula is C23H18ClNOS. The van der Waals surface area contributed by atoms with Gasteiger partial charge in [0.25, 0.3) is 0 Å². The van der Waals surface area contributed by atoms with Gasteiger partial charge in [-0.25, -0.2) is 0 Å². The number of benzene rings is 3. The fourth-order valence-corrected chi connectivity index (χ4v) is 5.42. The number of ether oxygens (including phenoxy) is 1. The third kappa shape index (κ3) is 2.39. The van der Waals surface area contributed by atoms with Crippen LogP contribution >= 0.6 is 22.9 Å². The fourth-order valence-electron chi connectivity index (χ4n) is 4.02. The number of rotatable bonds is 2. The standard InChI is InChI=1S/C23H18ClNOS/c1-12-5-4-6-13(2)19(12)14-7-10-18-15(11-14)21-23(27-18)20-17(26-3)9-8-16(24)22(20)25-21/h4-11,25H,1-3H3. The van der Waals surface area contributed by atoms with E-state index < -0.39 is 0 Å². The minimum Gasteiger partial charge on any atom is -0.496 e. The molecule has 0 spiro atoms. The third-order valence-electron chi connectivity index (χ3n) is 5.27. The average Bonchev–Trinajstić information content (AvgIpc) is 3.19. The molecule has 2 nitrogen and oxygen atoms in total. The zero-order valence-electron chi connectivity index (χ0n) is 15.3. The zero-order valence-corrected chi connectivity index (χ0v) is 16.9. The second-order valence-corrected chi connectivity index (χ2v) is 8.37. The van der Waals surface area contributed by atoms with Crippen LogP contribution in [0.2, 0.25) is 5.02 Å². The molecule has 0 aliphatic rings. The minimum atomic E-state index is 0.716. The van der Waals surface area contributed by atoms with E-state index in [0.29, 0.717) is 5.02 Å². The summed E-state index contributed by atoms with van der Waals surface area (Å²) in [6.07, 6.45) is 0. The van der Waals surface area contributed by atoms with Gasteiger partial charge in [0.2, 0.25) is 0 Å². The third-order valence-corrected chi connectivity index (χ3v) is 6.77. The summed E-state index contributed by atoms with van der Waals surface area (Å²) in [6, 6.07) is 17.0. The average molecular weight is 392 g/mol. The van der Waals surface area contributed by atoms with Crippen LogP contribution < -0.4 is 4.74 Å². The maximum absolute atomic E-state index is 6.45. The van der Waals surface area contributed by atoms with Crippen molar-refractivity contribution >= 4 is 54.1 Å². The van der Waals surface area contributed by atoms with Gasteiger partial charge in [0, 0.05) is 10.1 Å². The molecule has 5 aromatic rings. The first-order valence-corrected chi connectivity index (χ1v) is 10.0. The second-order valence-electron chi connectivity index (χ2n) is 6.91. The molecule has 4 heteroatoms. The maximum atomic E-state index is 6.45. The van der Waals surface area contributed by atoms with Crippen LogP contribution in [0.25, 0.3) is 42.3 Å². The van der Waals surface area contributed by atoms with E-state index in [0.717, 1.165) is 22.2 Å². The van der Waals surface area contributed by atoms with Crippen molar-refractivity contribution in [2.24, 2.45) is 0 Å². The largest absolute Gasteiger partial charge is 0.496 e. The number of aromatic nitrogens is 1. The number of aromatic amines is 1. The van der Waals surface area contributed by atoms with Crippen LogP contribution in [-0.2, 0) is 0 Å². The van der Waals surface area contributed by atoms with E-state index in [4.69, 9.17) is 16.3 Å². The monoisotopic (exact) mass is 391 g/mol. The molecule has 0 unspecified atom stereocenters. The van der Waals surface area contributed by atoms with Crippen molar-refractivity contribution in [3.63, 3.8) is 0 Å². The summed E-state index contributed by atoms with van der Waals surface area (Å²) in [4.78, 5) is 3.55. The summed E-state index contributed by atoms with van der Waals surface area (Å²) in [6.45, 7) is 4.34. The van der Waals surface area contributed by atoms with Crippen molar-refractivity contribution in [2.45, 2.75) is 13.8 Å². The molecule has 0 saturated heterocycles. The highest BCUT2D eigenvalue weighted by atomic mass is 35.5. The van der Waals surface area contributed by atoms with Gasteiger partial charge in [0.15, 0.2) is 0 Å². The Kier molecular flexibility index (Phi) is 3.71. The van der Waals surface area contributed by atoms with E-state index in [1.165, 1.54) is 37.0 Å². The molecule has 0 aliphatic heterocycles. The molecule has 0 atom stereocenters. The Bertz CT molecular complexity index is 1330. The van der Waals surface area contributed by atoms with Gasteiger partial charge >= 0.3 is 0 Å². The number of H-pyrrole nitrogens is 1. The van der Waals surface area contributed by atoms with Gasteiger partial charge in [-0.05, 0) is 60.4 Å². The Morgan fingerprint density at radius 3 is 2.48 bits per heavy atom. The van der Waals surface area contributed by atoms with Gasteiger partial charge in [-0.15, -0.1) is 11.3 Å². The lowest BCUT2D eigenvalue weighted by molar-refractivity contribution is 0.420. The summed E-state index contributed by atoms with van der Waals surface area (Å²) in [5, 5.41) is 3.01. The van der Waals surface area contributed by atoms with E-state index in [2.05, 4.69) is 55.2 Å². The number of thiophene rings is 1. The van der Waals surface area contributed by atoms with Gasteiger partial charge in [0.05, 0.1) is 33.3 Å². The molecule has 1 N–H and O–H groups in total. The van der Waals surface area contributed by atoms with Gasteiger partial charge < -0.3 is 9.72 Å². The molecular weight excluding hydrogens is 374 g/mol. The van der Waals surface area contributed by atoms with Crippen LogP contribution in [0.3, 0.4) is 0 Å². The van der Waals surface area contributed by atoms with Gasteiger partial charge in [0.1, 0.15) is 5.75 Å². The quantitative estimate of drug-likeness (QED) is 0.331. The number of hydrogen-bond acceptors (Lipinski definition) is 2. The lowest BCUT2D eigenvalue weighted by Gasteiger charge is -2.10. The minimum absolute atomic E-state index is 0.716. The van der Waals surface area contributed by atoms with Crippen molar-refractivity contribution in [1.29, 1.82) is 0 Å². The maximum Gasteiger partial charge on any atom is 0.129 e. The van der Waals surface area contributed by atoms with Crippen molar-refractivity contribution in [3.05, 3.63) is 64.7 Å². The van der Waals surface area contributed by atoms with E-state index in [1.54, 1.807) is 18.4 Å². The van der Waals surface area contributed by atoms with Gasteiger partial charge in [-0.1, -0.05) is 35.9 Å². The first-order valence-electron chi connectivity index (χ1n) is 8.85. The number of methoxy groups -OCH3 is 1. The highest BCUT2D eigenvalue weighted by Gasteiger charge is 2.17. The lowest BCUT2D eigenvalue weighted by Crippen LogP contribution is -1.87. The predicted octanol–water partition coefficient (Wildman–Crippen LogP) is 7.48. The van der Waals surface area contributed by atoms with E-state index in [1.807, 2.05) is 12.1 Å². The first kappa shape index (κ1) is 16.7. The Balaban J connectivity index is 1.86. The topological polar surface area (TPSA) is 25.0 Å². The molecule has 0 bridgehead atoms. The van der Waals surface area contributed by atoms with Crippen LogP contribution in [0.4, 0.5) is 0 Å². The smallest absolute Gasteiger partial charge is 0.129 e. The summed E-state index contributed by atoms with van der Waals surface area (Å²) >= 11 is 8.23. The Labute approximate surface area is 166 Å². The van der Waals surface area contributed by atoms with Gasteiger partial charge in [-0.2, -0.15) is 0 Å². The van der Waals surface area contributed by atoms with Crippen LogP contribution in [0.1, 0.15) is 11.1 Å². The lowest BCUT2D eigenvalue weighted by atomic mass is 9.95. The Morgan fingerprint density at radius 1 is 0.963 bits per heavy atom. The molecule has 134 valence electrons. The molecule has 2 heterocycles. The molecule has 0 radical (unpaired) electrons. The second kappa shape index (κ2) is 6.01. The Hall–Kier alpha value is -2.49. The summed E-state index contributed by atoms with van der Waals surface area (Å²) in [7, 11) is 1.70. The fraction of sp³-hybridized carbons (Fsp3) is 0.130. The summed E-state index contributed by atoms with van der Waals surface area (Å²) in [5.41, 5.74) is 7.21. The molecule has 3 aromatic carbocycles. The van der Waals surface area contributed by atoms with Crippen LogP contribution in [-0.4, -0.2) is 12.1 Å². The number of fused-ring (bicyclic) bond motifs is 5. The highest BCUT2D eigenvalue weighted by molar-refractivity contribution is 7.26. The molecule has 27 heavy (non-hydrogen) atoms. The molecule has 2 aromatic heterocycles. The number of hydrogen-bond donors (Lipinski definition) is 1. The molecule has 0 amide bonds. The van der Waals surface area contributed by atoms with Crippen molar-refractivity contribution in [2.75, 3.05) is 7.11 Å². The molecule has 0 saturated carbocycles. The van der Waals surface area contributed by atoms with Crippen molar-refractivity contribution in [1.82, 2.24) is 4.98 Å². The van der Waals surface area contributed by atoms with Crippen LogP contribution in [0, 0.1) is 13.8 Å². The molecule has 0 aliphatic carbocycles. The van der Waals surface area contributed by atoms with Crippen LogP contribution in [0.15, 0.2) is 48.5 Å². The predicted molar refractivity (Wildman–Crippen MR) is 118 cm³/mol. The van der Waals surface area contributed by atoms with Crippen molar-refractivity contribution < 1.29 is 4.74 Å². The highest BCUT2D eigenvalue weighted by Crippen LogP contribution is 2.45. The number of halogens is 1. The summed E-state index contributed by atoms with van der Waals surface area (Å²) in [5.74, 6) is 0.849. The van der Waals surface area contributed by atoms with Crippen LogP contribution in [0.5, 0.6) is 5.75 Å². The van der Waals surface area contributed by atoms with Crippen molar-refractivity contribution in [3.8, 4) is 16.9 Å². The Morgan fingerprint density at radius 2 is 1.74 bits per heavy atom. The SMILES string of the molecule is COc1ccc(Cl)c2[nH]c3c4cc(-c5c(C)cccc5C)ccc4sc3c12. The van der Waals surface area contributed by atoms with Gasteiger partial charge in [-0.3, -0.25) is 0 Å². The van der Waals surface area contributed by atoms with E-state index in [9.17, 15) is 0 Å². The first-order chi connectivity index (χ1) is 13.1. The normalized spacial score (nSPS) is 11.7. The summed E-state index contributed by atoms with van der Waals surface area (Å²) < 4.78 is 8.05. The molecule has 5 rings (SSSR count). The van der Waals surface area contributed by atoms with E-state index in [-0.39, 0.29) is 0 Å².